The van der Waals surface area contributed by atoms with Gasteiger partial charge >= 0.3 is 249 Å². The van der Waals surface area contributed by atoms with Crippen molar-refractivity contribution in [1.82, 2.24) is 0 Å². The van der Waals surface area contributed by atoms with Crippen molar-refractivity contribution >= 4 is 78.7 Å². The van der Waals surface area contributed by atoms with Gasteiger partial charge in [-0.15, -0.1) is 0 Å². The SMILES string of the molecule is [Se]=[P@@]1(c2ccccc2)OCCCO[P@@](=[Se])(c2ccccc2)[Se]Cc2ccccc2-c2ccccc2C[Se]1. The summed E-state index contributed by atoms with van der Waals surface area (Å²) in [6, 6.07) is 39.5. The molecular formula is C29H28O2P2Se4. The van der Waals surface area contributed by atoms with Crippen LogP contribution in [0.15, 0.2) is 109 Å². The fourth-order valence-electron chi connectivity index (χ4n) is 4.15. The molecule has 0 N–H and O–H groups in total. The molecule has 2 nitrogen and oxygen atoms in total. The zero-order valence-corrected chi connectivity index (χ0v) is 28.9. The molecule has 2 atom stereocenters. The molecule has 0 unspecified atom stereocenters. The van der Waals surface area contributed by atoms with Gasteiger partial charge in [0.2, 0.25) is 0 Å². The van der Waals surface area contributed by atoms with E-state index in [1.807, 2.05) is 0 Å². The predicted molar refractivity (Wildman–Crippen MR) is 165 cm³/mol. The van der Waals surface area contributed by atoms with Gasteiger partial charge in [-0.1, -0.05) is 0 Å². The third kappa shape index (κ3) is 7.09. The number of hydrogen-bond acceptors (Lipinski definition) is 2. The molecule has 1 heterocycles. The van der Waals surface area contributed by atoms with E-state index in [0.29, 0.717) is 13.2 Å². The van der Waals surface area contributed by atoms with E-state index in [-0.39, 0.29) is 29.0 Å². The Kier molecular flexibility index (Phi) is 10.2. The van der Waals surface area contributed by atoms with E-state index in [2.05, 4.69) is 139 Å². The summed E-state index contributed by atoms with van der Waals surface area (Å²) >= 11 is 7.68. The minimum absolute atomic E-state index is 0.268. The normalized spacial score (nSPS) is 23.1. The van der Waals surface area contributed by atoms with E-state index < -0.39 is 8.85 Å². The molecule has 1 aliphatic heterocycles. The molecule has 1 aliphatic rings. The van der Waals surface area contributed by atoms with Crippen molar-refractivity contribution in [2.24, 2.45) is 0 Å². The second-order valence-corrected chi connectivity index (χ2v) is 37.0. The summed E-state index contributed by atoms with van der Waals surface area (Å²) in [5, 5.41) is 4.71. The summed E-state index contributed by atoms with van der Waals surface area (Å²) in [7, 11) is 0. The maximum absolute atomic E-state index is 6.76. The van der Waals surface area contributed by atoms with Crippen LogP contribution in [0.5, 0.6) is 0 Å². The van der Waals surface area contributed by atoms with Gasteiger partial charge in [0.15, 0.2) is 0 Å². The van der Waals surface area contributed by atoms with Crippen LogP contribution in [0.25, 0.3) is 11.1 Å². The Balaban J connectivity index is 1.55. The van der Waals surface area contributed by atoms with Crippen LogP contribution in [0, 0.1) is 0 Å². The molecule has 0 amide bonds. The molecule has 0 aliphatic carbocycles. The molecule has 5 rings (SSSR count). The van der Waals surface area contributed by atoms with Gasteiger partial charge < -0.3 is 0 Å². The van der Waals surface area contributed by atoms with Gasteiger partial charge in [-0.3, -0.25) is 0 Å². The van der Waals surface area contributed by atoms with Gasteiger partial charge in [0, 0.05) is 0 Å². The first-order chi connectivity index (χ1) is 18.1. The van der Waals surface area contributed by atoms with E-state index in [9.17, 15) is 0 Å². The Morgan fingerprint density at radius 3 is 1.32 bits per heavy atom. The topological polar surface area (TPSA) is 18.5 Å². The molecule has 0 saturated heterocycles. The summed E-state index contributed by atoms with van der Waals surface area (Å²) in [6.07, 6.45) is 0.895. The molecule has 37 heavy (non-hydrogen) atoms. The molecular weight excluding hydrogens is 758 g/mol. The molecule has 4 aromatic rings. The van der Waals surface area contributed by atoms with Crippen molar-refractivity contribution in [2.75, 3.05) is 13.2 Å². The molecule has 0 saturated carbocycles. The fourth-order valence-corrected chi connectivity index (χ4v) is 23.5. The zero-order valence-electron chi connectivity index (χ0n) is 20.3. The van der Waals surface area contributed by atoms with Crippen LogP contribution in [-0.2, 0) is 19.7 Å². The summed E-state index contributed by atoms with van der Waals surface area (Å²) in [5.74, 6) is 0. The molecule has 0 fully saturated rings. The number of fused-ring (bicyclic) bond motifs is 3. The van der Waals surface area contributed by atoms with Crippen molar-refractivity contribution in [3.63, 3.8) is 0 Å². The summed E-state index contributed by atoms with van der Waals surface area (Å²) < 4.78 is 9.83. The average molecular weight is 786 g/mol. The second-order valence-electron chi connectivity index (χ2n) is 8.55. The van der Waals surface area contributed by atoms with Crippen molar-refractivity contribution in [3.8, 4) is 11.1 Å². The van der Waals surface area contributed by atoms with Crippen LogP contribution in [0.1, 0.15) is 17.5 Å². The van der Waals surface area contributed by atoms with E-state index in [0.717, 1.165) is 17.1 Å². The second kappa shape index (κ2) is 13.4. The van der Waals surface area contributed by atoms with Gasteiger partial charge in [0.05, 0.1) is 0 Å². The van der Waals surface area contributed by atoms with E-state index >= 15 is 0 Å². The molecule has 0 bridgehead atoms. The van der Waals surface area contributed by atoms with Crippen LogP contribution in [0.2, 0.25) is 0 Å². The first kappa shape index (κ1) is 28.3. The monoisotopic (exact) mass is 790 g/mol. The first-order valence-electron chi connectivity index (χ1n) is 12.1. The van der Waals surface area contributed by atoms with Crippen LogP contribution >= 0.6 is 8.85 Å². The van der Waals surface area contributed by atoms with E-state index in [1.54, 1.807) is 0 Å². The fraction of sp³-hybridized carbons (Fsp3) is 0.172. The summed E-state index contributed by atoms with van der Waals surface area (Å²) in [6.45, 7) is 1.42. The Morgan fingerprint density at radius 1 is 0.514 bits per heavy atom. The summed E-state index contributed by atoms with van der Waals surface area (Å²) in [4.78, 5) is 0. The Labute approximate surface area is 247 Å². The predicted octanol–water partition coefficient (Wildman–Crippen LogP) is 5.71. The van der Waals surface area contributed by atoms with Crippen LogP contribution in [0.4, 0.5) is 0 Å². The minimum atomic E-state index is -1.85. The quantitative estimate of drug-likeness (QED) is 0.192. The van der Waals surface area contributed by atoms with Gasteiger partial charge in [0.1, 0.15) is 0 Å². The Bertz CT molecular complexity index is 1320. The van der Waals surface area contributed by atoms with Crippen molar-refractivity contribution < 1.29 is 9.05 Å². The average Bonchev–Trinajstić information content (AvgIpc) is 2.96. The first-order valence-corrected chi connectivity index (χ1v) is 26.8. The number of benzene rings is 4. The third-order valence-corrected chi connectivity index (χ3v) is 32.0. The summed E-state index contributed by atoms with van der Waals surface area (Å²) in [5.41, 5.74) is 5.55. The van der Waals surface area contributed by atoms with Gasteiger partial charge in [-0.05, 0) is 0 Å². The van der Waals surface area contributed by atoms with Crippen molar-refractivity contribution in [1.29, 1.82) is 0 Å². The number of rotatable bonds is 2. The molecule has 190 valence electrons. The van der Waals surface area contributed by atoms with Gasteiger partial charge in [-0.2, -0.15) is 0 Å². The van der Waals surface area contributed by atoms with Crippen molar-refractivity contribution in [3.05, 3.63) is 120 Å². The van der Waals surface area contributed by atoms with Gasteiger partial charge in [0.25, 0.3) is 0 Å². The van der Waals surface area contributed by atoms with Crippen LogP contribution < -0.4 is 10.6 Å². The Hall–Kier alpha value is -0.262. The van der Waals surface area contributed by atoms with E-state index in [4.69, 9.17) is 9.05 Å². The van der Waals surface area contributed by atoms with Crippen LogP contribution in [0.3, 0.4) is 0 Å². The van der Waals surface area contributed by atoms with Crippen molar-refractivity contribution in [2.45, 2.75) is 17.1 Å². The maximum atomic E-state index is 6.76. The molecule has 8 heteroatoms. The van der Waals surface area contributed by atoms with E-state index in [1.165, 1.54) is 32.9 Å². The zero-order chi connectivity index (χ0) is 25.6. The Morgan fingerprint density at radius 2 is 0.892 bits per heavy atom. The molecule has 0 spiro atoms. The third-order valence-electron chi connectivity index (χ3n) is 6.06. The van der Waals surface area contributed by atoms with Gasteiger partial charge in [-0.25, -0.2) is 0 Å². The molecule has 4 aromatic carbocycles. The van der Waals surface area contributed by atoms with Crippen LogP contribution in [-0.4, -0.2) is 72.4 Å². The molecule has 0 aromatic heterocycles. The standard InChI is InChI=1S/C29H28O2P2Se4/c34-32(26-14-3-1-4-15-26)30-20-11-21-31-33(35,27-16-5-2-6-17-27)37-23-25-13-8-10-19-29(25)28-18-9-7-12-24(28)22-36-32/h1-10,12-19H,11,20-23H2/t32-,33-/m1/s1. The molecule has 0 radical (unpaired) electrons. The number of hydrogen-bond donors (Lipinski definition) is 0.